The van der Waals surface area contributed by atoms with Gasteiger partial charge >= 0.3 is 0 Å². The molecule has 0 aliphatic heterocycles. The van der Waals surface area contributed by atoms with Crippen molar-refractivity contribution in [2.75, 3.05) is 27.2 Å². The predicted octanol–water partition coefficient (Wildman–Crippen LogP) is 1.04. The van der Waals surface area contributed by atoms with Gasteiger partial charge in [0.2, 0.25) is 0 Å². The van der Waals surface area contributed by atoms with Crippen molar-refractivity contribution in [1.29, 1.82) is 0 Å². The second-order valence-corrected chi connectivity index (χ2v) is 3.06. The number of aromatic hydroxyl groups is 1. The van der Waals surface area contributed by atoms with E-state index in [1.807, 2.05) is 7.05 Å². The molecular weight excluding hydrogens is 192 g/mol. The summed E-state index contributed by atoms with van der Waals surface area (Å²) in [5.41, 5.74) is 0.701. The highest BCUT2D eigenvalue weighted by atomic mass is 16.5. The fourth-order valence-electron chi connectivity index (χ4n) is 1.10. The van der Waals surface area contributed by atoms with Crippen LogP contribution in [-0.2, 0) is 0 Å². The topological polar surface area (TPSA) is 53.9 Å². The average Bonchev–Trinajstić information content (AvgIpc) is 2.26. The Morgan fingerprint density at radius 2 is 2.33 bits per heavy atom. The van der Waals surface area contributed by atoms with Gasteiger partial charge in [-0.05, 0) is 19.2 Å². The molecule has 0 bridgehead atoms. The maximum atomic E-state index is 9.59. The number of nitrogens with one attached hydrogen (secondary N) is 1. The number of methoxy groups -OCH3 is 1. The lowest BCUT2D eigenvalue weighted by Gasteiger charge is -2.02. The number of ether oxygens (including phenoxy) is 1. The van der Waals surface area contributed by atoms with E-state index in [2.05, 4.69) is 10.3 Å². The average molecular weight is 208 g/mol. The molecule has 0 heterocycles. The Labute approximate surface area is 89.6 Å². The highest BCUT2D eigenvalue weighted by Crippen LogP contribution is 2.21. The second-order valence-electron chi connectivity index (χ2n) is 3.06. The van der Waals surface area contributed by atoms with Crippen LogP contribution in [0.3, 0.4) is 0 Å². The summed E-state index contributed by atoms with van der Waals surface area (Å²) < 4.78 is 4.98. The molecule has 0 aromatic heterocycles. The van der Waals surface area contributed by atoms with E-state index >= 15 is 0 Å². The molecule has 1 aromatic carbocycles. The number of phenols is 1. The van der Waals surface area contributed by atoms with Gasteiger partial charge in [-0.1, -0.05) is 0 Å². The van der Waals surface area contributed by atoms with Gasteiger partial charge in [-0.25, -0.2) is 0 Å². The van der Waals surface area contributed by atoms with Crippen LogP contribution in [0.4, 0.5) is 0 Å². The van der Waals surface area contributed by atoms with Crippen LogP contribution in [0.2, 0.25) is 0 Å². The van der Waals surface area contributed by atoms with E-state index in [1.54, 1.807) is 31.5 Å². The van der Waals surface area contributed by atoms with E-state index in [1.165, 1.54) is 0 Å². The number of nitrogens with zero attached hydrogens (tertiary/aromatic N) is 1. The smallest absolute Gasteiger partial charge is 0.128 e. The van der Waals surface area contributed by atoms with Gasteiger partial charge in [0.15, 0.2) is 0 Å². The molecule has 0 radical (unpaired) electrons. The number of likely N-dealkylation sites (N-methyl/N-ethyl adjacent to an activating group) is 1. The lowest BCUT2D eigenvalue weighted by Crippen LogP contribution is -2.10. The first kappa shape index (κ1) is 11.5. The molecule has 2 N–H and O–H groups in total. The summed E-state index contributed by atoms with van der Waals surface area (Å²) in [7, 11) is 3.44. The van der Waals surface area contributed by atoms with Crippen molar-refractivity contribution in [2.24, 2.45) is 4.99 Å². The quantitative estimate of drug-likeness (QED) is 0.561. The Kier molecular flexibility index (Phi) is 4.63. The summed E-state index contributed by atoms with van der Waals surface area (Å²) >= 11 is 0. The Morgan fingerprint density at radius 1 is 1.53 bits per heavy atom. The van der Waals surface area contributed by atoms with Gasteiger partial charge < -0.3 is 15.2 Å². The molecule has 0 aliphatic carbocycles. The fourth-order valence-corrected chi connectivity index (χ4v) is 1.10. The molecular formula is C11H16N2O2. The van der Waals surface area contributed by atoms with Crippen molar-refractivity contribution in [1.82, 2.24) is 5.32 Å². The number of aliphatic imine (C=N–C) groups is 1. The van der Waals surface area contributed by atoms with Crippen molar-refractivity contribution >= 4 is 6.21 Å². The van der Waals surface area contributed by atoms with Gasteiger partial charge in [-0.2, -0.15) is 0 Å². The minimum atomic E-state index is 0.183. The van der Waals surface area contributed by atoms with Gasteiger partial charge in [0, 0.05) is 24.4 Å². The molecule has 82 valence electrons. The predicted molar refractivity (Wildman–Crippen MR) is 61.0 cm³/mol. The third kappa shape index (κ3) is 3.59. The third-order valence-electron chi connectivity index (χ3n) is 1.96. The zero-order chi connectivity index (χ0) is 11.1. The molecule has 0 aliphatic rings. The molecule has 0 spiro atoms. The summed E-state index contributed by atoms with van der Waals surface area (Å²) in [6.45, 7) is 1.52. The van der Waals surface area contributed by atoms with Crippen molar-refractivity contribution in [3.05, 3.63) is 23.8 Å². The lowest BCUT2D eigenvalue weighted by atomic mass is 10.2. The van der Waals surface area contributed by atoms with Crippen molar-refractivity contribution in [3.8, 4) is 11.5 Å². The first-order valence-corrected chi connectivity index (χ1v) is 4.79. The monoisotopic (exact) mass is 208 g/mol. The van der Waals surface area contributed by atoms with Crippen LogP contribution < -0.4 is 10.1 Å². The molecule has 0 saturated heterocycles. The van der Waals surface area contributed by atoms with E-state index in [-0.39, 0.29) is 5.75 Å². The van der Waals surface area contributed by atoms with E-state index < -0.39 is 0 Å². The number of rotatable bonds is 5. The summed E-state index contributed by atoms with van der Waals surface area (Å²) in [6.07, 6.45) is 1.66. The second kappa shape index (κ2) is 6.03. The van der Waals surface area contributed by atoms with E-state index in [9.17, 15) is 5.11 Å². The molecule has 0 saturated carbocycles. The van der Waals surface area contributed by atoms with Crippen LogP contribution in [-0.4, -0.2) is 38.6 Å². The lowest BCUT2D eigenvalue weighted by molar-refractivity contribution is 0.407. The zero-order valence-corrected chi connectivity index (χ0v) is 9.03. The number of hydrogen-bond donors (Lipinski definition) is 2. The fraction of sp³-hybridized carbons (Fsp3) is 0.364. The van der Waals surface area contributed by atoms with Crippen molar-refractivity contribution in [3.63, 3.8) is 0 Å². The highest BCUT2D eigenvalue weighted by Gasteiger charge is 1.99. The molecule has 1 aromatic rings. The number of benzene rings is 1. The summed E-state index contributed by atoms with van der Waals surface area (Å²) in [6, 6.07) is 5.13. The summed E-state index contributed by atoms with van der Waals surface area (Å²) in [4.78, 5) is 4.16. The first-order chi connectivity index (χ1) is 7.27. The van der Waals surface area contributed by atoms with Gasteiger partial charge in [-0.3, -0.25) is 4.99 Å². The van der Waals surface area contributed by atoms with E-state index in [0.717, 1.165) is 6.54 Å². The molecule has 0 amide bonds. The summed E-state index contributed by atoms with van der Waals surface area (Å²) in [5, 5.41) is 12.6. The third-order valence-corrected chi connectivity index (χ3v) is 1.96. The maximum absolute atomic E-state index is 9.59. The van der Waals surface area contributed by atoms with Gasteiger partial charge in [0.25, 0.3) is 0 Å². The maximum Gasteiger partial charge on any atom is 0.128 e. The minimum Gasteiger partial charge on any atom is -0.507 e. The van der Waals surface area contributed by atoms with Crippen LogP contribution in [0.1, 0.15) is 5.56 Å². The highest BCUT2D eigenvalue weighted by molar-refractivity contribution is 5.83. The number of hydrogen-bond acceptors (Lipinski definition) is 4. The SMILES string of the molecule is CNCCN=Cc1ccc(OC)cc1O. The van der Waals surface area contributed by atoms with Gasteiger partial charge in [0.1, 0.15) is 11.5 Å². The van der Waals surface area contributed by atoms with Crippen LogP contribution in [0.15, 0.2) is 23.2 Å². The Hall–Kier alpha value is -1.55. The molecule has 1 rings (SSSR count). The molecule has 0 fully saturated rings. The molecule has 4 nitrogen and oxygen atoms in total. The number of phenolic OH excluding ortho intramolecular Hbond substituents is 1. The van der Waals surface area contributed by atoms with Gasteiger partial charge in [0.05, 0.1) is 13.7 Å². The van der Waals surface area contributed by atoms with E-state index in [0.29, 0.717) is 17.9 Å². The van der Waals surface area contributed by atoms with Gasteiger partial charge in [-0.15, -0.1) is 0 Å². The minimum absolute atomic E-state index is 0.183. The Bertz CT molecular complexity index is 337. The Balaban J connectivity index is 2.65. The summed E-state index contributed by atoms with van der Waals surface area (Å²) in [5.74, 6) is 0.822. The van der Waals surface area contributed by atoms with Crippen LogP contribution >= 0.6 is 0 Å². The first-order valence-electron chi connectivity index (χ1n) is 4.79. The van der Waals surface area contributed by atoms with Crippen LogP contribution in [0.5, 0.6) is 11.5 Å². The standard InChI is InChI=1S/C11H16N2O2/c1-12-5-6-13-8-9-3-4-10(15-2)7-11(9)14/h3-4,7-8,12,14H,5-6H2,1-2H3. The largest absolute Gasteiger partial charge is 0.507 e. The Morgan fingerprint density at radius 3 is 2.93 bits per heavy atom. The normalized spacial score (nSPS) is 10.8. The van der Waals surface area contributed by atoms with E-state index in [4.69, 9.17) is 4.74 Å². The van der Waals surface area contributed by atoms with Crippen LogP contribution in [0.25, 0.3) is 0 Å². The molecule has 15 heavy (non-hydrogen) atoms. The van der Waals surface area contributed by atoms with Crippen molar-refractivity contribution in [2.45, 2.75) is 0 Å². The van der Waals surface area contributed by atoms with Crippen LogP contribution in [0, 0.1) is 0 Å². The van der Waals surface area contributed by atoms with Crippen molar-refractivity contribution < 1.29 is 9.84 Å². The zero-order valence-electron chi connectivity index (χ0n) is 9.03. The molecule has 4 heteroatoms. The molecule has 0 atom stereocenters. The molecule has 0 unspecified atom stereocenters.